The van der Waals surface area contributed by atoms with Gasteiger partial charge in [0.25, 0.3) is 0 Å². The van der Waals surface area contributed by atoms with Gasteiger partial charge in [-0.3, -0.25) is 0 Å². The lowest BCUT2D eigenvalue weighted by Gasteiger charge is -2.05. The van der Waals surface area contributed by atoms with Gasteiger partial charge in [0.15, 0.2) is 5.90 Å². The summed E-state index contributed by atoms with van der Waals surface area (Å²) < 4.78 is 5.40. The summed E-state index contributed by atoms with van der Waals surface area (Å²) in [6, 6.07) is 0.332. The van der Waals surface area contributed by atoms with E-state index in [1.54, 1.807) is 0 Å². The van der Waals surface area contributed by atoms with E-state index >= 15 is 0 Å². The Morgan fingerprint density at radius 2 is 2.60 bits per heavy atom. The second kappa shape index (κ2) is 2.21. The minimum Gasteiger partial charge on any atom is -0.473 e. The SMILES string of the molecule is NCC1=NC2CNCC2O1. The van der Waals surface area contributed by atoms with Crippen molar-refractivity contribution >= 4 is 5.90 Å². The van der Waals surface area contributed by atoms with Crippen LogP contribution in [-0.4, -0.2) is 37.7 Å². The van der Waals surface area contributed by atoms with Crippen LogP contribution < -0.4 is 11.1 Å². The third-order valence-electron chi connectivity index (χ3n) is 1.90. The molecule has 2 atom stereocenters. The van der Waals surface area contributed by atoms with Crippen LogP contribution in [0.15, 0.2) is 4.99 Å². The summed E-state index contributed by atoms with van der Waals surface area (Å²) in [7, 11) is 0. The van der Waals surface area contributed by atoms with Crippen molar-refractivity contribution < 1.29 is 4.74 Å². The lowest BCUT2D eigenvalue weighted by molar-refractivity contribution is 0.221. The van der Waals surface area contributed by atoms with E-state index in [1.807, 2.05) is 0 Å². The van der Waals surface area contributed by atoms with Crippen LogP contribution in [0.3, 0.4) is 0 Å². The first-order valence-electron chi connectivity index (χ1n) is 3.54. The molecule has 0 saturated carbocycles. The first-order valence-corrected chi connectivity index (χ1v) is 3.54. The largest absolute Gasteiger partial charge is 0.473 e. The van der Waals surface area contributed by atoms with Crippen molar-refractivity contribution in [2.45, 2.75) is 12.1 Å². The van der Waals surface area contributed by atoms with E-state index in [2.05, 4.69) is 10.3 Å². The smallest absolute Gasteiger partial charge is 0.198 e. The maximum absolute atomic E-state index is 5.40. The fourth-order valence-corrected chi connectivity index (χ4v) is 1.38. The molecular formula is C6H11N3O. The van der Waals surface area contributed by atoms with Crippen LogP contribution >= 0.6 is 0 Å². The molecule has 2 heterocycles. The summed E-state index contributed by atoms with van der Waals surface area (Å²) in [6.07, 6.45) is 0.263. The second-order valence-electron chi connectivity index (χ2n) is 2.61. The zero-order chi connectivity index (χ0) is 6.97. The highest BCUT2D eigenvalue weighted by molar-refractivity contribution is 5.80. The Labute approximate surface area is 59.5 Å². The lowest BCUT2D eigenvalue weighted by atomic mass is 10.2. The van der Waals surface area contributed by atoms with Gasteiger partial charge in [-0.2, -0.15) is 0 Å². The van der Waals surface area contributed by atoms with Crippen LogP contribution in [-0.2, 0) is 4.74 Å². The fraction of sp³-hybridized carbons (Fsp3) is 0.833. The first kappa shape index (κ1) is 6.12. The molecule has 10 heavy (non-hydrogen) atoms. The molecule has 1 fully saturated rings. The van der Waals surface area contributed by atoms with Crippen LogP contribution in [0.2, 0.25) is 0 Å². The molecule has 0 aliphatic carbocycles. The highest BCUT2D eigenvalue weighted by Gasteiger charge is 2.34. The molecule has 2 aliphatic heterocycles. The maximum atomic E-state index is 5.40. The maximum Gasteiger partial charge on any atom is 0.198 e. The Morgan fingerprint density at radius 1 is 1.70 bits per heavy atom. The molecule has 2 aliphatic rings. The number of aliphatic imine (C=N–C) groups is 1. The highest BCUT2D eigenvalue weighted by Crippen LogP contribution is 2.15. The van der Waals surface area contributed by atoms with Crippen LogP contribution in [0, 0.1) is 0 Å². The third kappa shape index (κ3) is 0.803. The molecule has 0 aromatic carbocycles. The van der Waals surface area contributed by atoms with E-state index in [4.69, 9.17) is 10.5 Å². The van der Waals surface area contributed by atoms with Gasteiger partial charge in [-0.25, -0.2) is 4.99 Å². The normalized spacial score (nSPS) is 37.1. The van der Waals surface area contributed by atoms with E-state index < -0.39 is 0 Å². The summed E-state index contributed by atoms with van der Waals surface area (Å²) in [5, 5.41) is 3.20. The molecule has 2 unspecified atom stereocenters. The van der Waals surface area contributed by atoms with E-state index in [0.717, 1.165) is 19.0 Å². The average Bonchev–Trinajstić information content (AvgIpc) is 2.42. The standard InChI is InChI=1S/C6H11N3O/c7-1-6-9-4-2-8-3-5(4)10-6/h4-5,8H,1-3,7H2. The molecule has 4 heteroatoms. The average molecular weight is 141 g/mol. The Kier molecular flexibility index (Phi) is 1.35. The Morgan fingerprint density at radius 3 is 3.30 bits per heavy atom. The van der Waals surface area contributed by atoms with Crippen molar-refractivity contribution in [2.75, 3.05) is 19.6 Å². The number of hydrogen-bond donors (Lipinski definition) is 2. The summed E-state index contributed by atoms with van der Waals surface area (Å²) in [5.41, 5.74) is 5.36. The van der Waals surface area contributed by atoms with Crippen molar-refractivity contribution in [1.82, 2.24) is 5.32 Å². The predicted octanol–water partition coefficient (Wildman–Crippen LogP) is -1.29. The van der Waals surface area contributed by atoms with E-state index in [-0.39, 0.29) is 6.10 Å². The number of nitrogens with two attached hydrogens (primary N) is 1. The third-order valence-corrected chi connectivity index (χ3v) is 1.90. The number of hydrogen-bond acceptors (Lipinski definition) is 4. The fourth-order valence-electron chi connectivity index (χ4n) is 1.38. The van der Waals surface area contributed by atoms with Gasteiger partial charge < -0.3 is 15.8 Å². The number of nitrogens with zero attached hydrogens (tertiary/aromatic N) is 1. The number of ether oxygens (including phenoxy) is 1. The molecule has 1 saturated heterocycles. The molecule has 0 spiro atoms. The van der Waals surface area contributed by atoms with Gasteiger partial charge >= 0.3 is 0 Å². The topological polar surface area (TPSA) is 59.6 Å². The minimum atomic E-state index is 0.263. The van der Waals surface area contributed by atoms with Crippen molar-refractivity contribution in [3.05, 3.63) is 0 Å². The Hall–Kier alpha value is -0.610. The van der Waals surface area contributed by atoms with Crippen molar-refractivity contribution in [3.63, 3.8) is 0 Å². The number of fused-ring (bicyclic) bond motifs is 1. The van der Waals surface area contributed by atoms with Crippen molar-refractivity contribution in [1.29, 1.82) is 0 Å². The lowest BCUT2D eigenvalue weighted by Crippen LogP contribution is -2.23. The van der Waals surface area contributed by atoms with E-state index in [0.29, 0.717) is 12.6 Å². The molecule has 0 bridgehead atoms. The van der Waals surface area contributed by atoms with Crippen molar-refractivity contribution in [2.24, 2.45) is 10.7 Å². The molecule has 2 rings (SSSR count). The Balaban J connectivity index is 2.06. The first-order chi connectivity index (χ1) is 4.90. The Bertz CT molecular complexity index is 168. The molecule has 4 nitrogen and oxygen atoms in total. The number of nitrogens with one attached hydrogen (secondary N) is 1. The summed E-state index contributed by atoms with van der Waals surface area (Å²) in [4.78, 5) is 4.28. The molecule has 0 radical (unpaired) electrons. The molecule has 0 amide bonds. The van der Waals surface area contributed by atoms with Gasteiger partial charge in [-0.15, -0.1) is 0 Å². The van der Waals surface area contributed by atoms with Crippen LogP contribution in [0.1, 0.15) is 0 Å². The van der Waals surface area contributed by atoms with Crippen molar-refractivity contribution in [3.8, 4) is 0 Å². The van der Waals surface area contributed by atoms with Gasteiger partial charge in [0.1, 0.15) is 12.1 Å². The zero-order valence-electron chi connectivity index (χ0n) is 5.71. The number of rotatable bonds is 1. The predicted molar refractivity (Wildman–Crippen MR) is 38.0 cm³/mol. The monoisotopic (exact) mass is 141 g/mol. The highest BCUT2D eigenvalue weighted by atomic mass is 16.5. The molecule has 56 valence electrons. The minimum absolute atomic E-state index is 0.263. The van der Waals surface area contributed by atoms with E-state index in [9.17, 15) is 0 Å². The summed E-state index contributed by atoms with van der Waals surface area (Å²) >= 11 is 0. The van der Waals surface area contributed by atoms with Gasteiger partial charge in [-0.05, 0) is 0 Å². The van der Waals surface area contributed by atoms with Gasteiger partial charge in [0, 0.05) is 13.1 Å². The zero-order valence-corrected chi connectivity index (χ0v) is 5.71. The summed E-state index contributed by atoms with van der Waals surface area (Å²) in [6.45, 7) is 2.29. The van der Waals surface area contributed by atoms with E-state index in [1.165, 1.54) is 0 Å². The second-order valence-corrected chi connectivity index (χ2v) is 2.61. The molecule has 0 aromatic rings. The molecule has 3 N–H and O–H groups in total. The molecule has 0 aromatic heterocycles. The van der Waals surface area contributed by atoms with Crippen LogP contribution in [0.25, 0.3) is 0 Å². The van der Waals surface area contributed by atoms with Crippen LogP contribution in [0.5, 0.6) is 0 Å². The van der Waals surface area contributed by atoms with Gasteiger partial charge in [0.2, 0.25) is 0 Å². The molecular weight excluding hydrogens is 130 g/mol. The quantitative estimate of drug-likeness (QED) is 0.478. The van der Waals surface area contributed by atoms with Gasteiger partial charge in [0.05, 0.1) is 6.54 Å². The van der Waals surface area contributed by atoms with Gasteiger partial charge in [-0.1, -0.05) is 0 Å². The van der Waals surface area contributed by atoms with Crippen LogP contribution in [0.4, 0.5) is 0 Å². The summed E-state index contributed by atoms with van der Waals surface area (Å²) in [5.74, 6) is 0.719.